The molecule has 0 spiro atoms. The van der Waals surface area contributed by atoms with Gasteiger partial charge in [-0.3, -0.25) is 4.79 Å². The first-order chi connectivity index (χ1) is 10.1. The van der Waals surface area contributed by atoms with Crippen LogP contribution in [0, 0.1) is 0 Å². The molecule has 2 aromatic carbocycles. The molecule has 106 valence electrons. The average Bonchev–Trinajstić information content (AvgIpc) is 2.46. The molecule has 0 aromatic heterocycles. The molecular weight excluding hydrogens is 290 g/mol. The SMILES string of the molecule is Nc1cc2cc(Cl)c1/C=C\C(=O)c1cccc(c1)OCO2. The van der Waals surface area contributed by atoms with Crippen molar-refractivity contribution in [2.45, 2.75) is 0 Å². The third kappa shape index (κ3) is 2.85. The maximum atomic E-state index is 12.2. The van der Waals surface area contributed by atoms with Crippen LogP contribution < -0.4 is 15.2 Å². The molecule has 0 amide bonds. The number of halogens is 1. The number of allylic oxidation sites excluding steroid dienone is 1. The molecule has 0 aliphatic carbocycles. The summed E-state index contributed by atoms with van der Waals surface area (Å²) in [6.07, 6.45) is 3.05. The first kappa shape index (κ1) is 13.5. The lowest BCUT2D eigenvalue weighted by Gasteiger charge is -2.11. The average molecular weight is 302 g/mol. The number of hydrogen-bond acceptors (Lipinski definition) is 4. The summed E-state index contributed by atoms with van der Waals surface area (Å²) in [4.78, 5) is 12.2. The monoisotopic (exact) mass is 301 g/mol. The molecular formula is C16H12ClNO3. The third-order valence-corrected chi connectivity index (χ3v) is 3.42. The molecule has 2 N–H and O–H groups in total. The van der Waals surface area contributed by atoms with Crippen LogP contribution >= 0.6 is 11.6 Å². The van der Waals surface area contributed by atoms with Crippen LogP contribution in [0.5, 0.6) is 11.5 Å². The predicted octanol–water partition coefficient (Wildman–Crippen LogP) is 3.55. The number of carbonyl (C=O) groups is 1. The van der Waals surface area contributed by atoms with Gasteiger partial charge in [0.2, 0.25) is 6.79 Å². The summed E-state index contributed by atoms with van der Waals surface area (Å²) in [6, 6.07) is 10.2. The van der Waals surface area contributed by atoms with E-state index in [2.05, 4.69) is 0 Å². The highest BCUT2D eigenvalue weighted by molar-refractivity contribution is 6.32. The Morgan fingerprint density at radius 3 is 2.67 bits per heavy atom. The standard InChI is InChI=1S/C16H12ClNO3/c17-14-7-12-8-15(18)13(14)4-5-16(19)10-2-1-3-11(6-10)20-9-21-12/h1-8H,9,18H2/b5-4-. The molecule has 0 saturated carbocycles. The highest BCUT2D eigenvalue weighted by atomic mass is 35.5. The van der Waals surface area contributed by atoms with E-state index in [0.29, 0.717) is 33.3 Å². The van der Waals surface area contributed by atoms with Gasteiger partial charge in [-0.05, 0) is 30.4 Å². The number of ether oxygens (including phenoxy) is 2. The molecule has 4 rings (SSSR count). The van der Waals surface area contributed by atoms with E-state index in [1.54, 1.807) is 42.5 Å². The number of nitrogen functional groups attached to an aromatic ring is 1. The van der Waals surface area contributed by atoms with Gasteiger partial charge in [0, 0.05) is 22.9 Å². The van der Waals surface area contributed by atoms with Gasteiger partial charge >= 0.3 is 0 Å². The minimum Gasteiger partial charge on any atom is -0.457 e. The van der Waals surface area contributed by atoms with E-state index in [1.165, 1.54) is 6.08 Å². The summed E-state index contributed by atoms with van der Waals surface area (Å²) < 4.78 is 10.9. The van der Waals surface area contributed by atoms with Gasteiger partial charge in [-0.25, -0.2) is 0 Å². The summed E-state index contributed by atoms with van der Waals surface area (Å²) in [5, 5.41) is 0.417. The zero-order chi connectivity index (χ0) is 14.8. The summed E-state index contributed by atoms with van der Waals surface area (Å²) >= 11 is 6.16. The fourth-order valence-corrected chi connectivity index (χ4v) is 2.31. The molecule has 0 atom stereocenters. The molecule has 0 radical (unpaired) electrons. The van der Waals surface area contributed by atoms with E-state index in [-0.39, 0.29) is 12.6 Å². The number of hydrogen-bond donors (Lipinski definition) is 1. The number of nitrogens with two attached hydrogens (primary N) is 1. The van der Waals surface area contributed by atoms with Gasteiger partial charge in [-0.15, -0.1) is 0 Å². The second-order valence-corrected chi connectivity index (χ2v) is 4.95. The third-order valence-electron chi connectivity index (χ3n) is 3.11. The van der Waals surface area contributed by atoms with Crippen molar-refractivity contribution < 1.29 is 14.3 Å². The van der Waals surface area contributed by atoms with Crippen molar-refractivity contribution in [1.82, 2.24) is 0 Å². The Morgan fingerprint density at radius 1 is 1.05 bits per heavy atom. The fraction of sp³-hybridized carbons (Fsp3) is 0.0625. The van der Waals surface area contributed by atoms with Crippen LogP contribution in [0.3, 0.4) is 0 Å². The number of anilines is 1. The van der Waals surface area contributed by atoms with E-state index in [1.807, 2.05) is 0 Å². The summed E-state index contributed by atoms with van der Waals surface area (Å²) in [7, 11) is 0. The molecule has 2 aromatic rings. The maximum Gasteiger partial charge on any atom is 0.230 e. The first-order valence-electron chi connectivity index (χ1n) is 6.30. The van der Waals surface area contributed by atoms with E-state index >= 15 is 0 Å². The van der Waals surface area contributed by atoms with Crippen molar-refractivity contribution in [2.75, 3.05) is 12.5 Å². The molecule has 21 heavy (non-hydrogen) atoms. The Hall–Kier alpha value is -2.46. The maximum absolute atomic E-state index is 12.2. The van der Waals surface area contributed by atoms with Crippen molar-refractivity contribution in [2.24, 2.45) is 0 Å². The second kappa shape index (κ2) is 5.50. The van der Waals surface area contributed by atoms with E-state index in [0.717, 1.165) is 0 Å². The van der Waals surface area contributed by atoms with Crippen molar-refractivity contribution in [1.29, 1.82) is 0 Å². The second-order valence-electron chi connectivity index (χ2n) is 4.54. The smallest absolute Gasteiger partial charge is 0.230 e. The number of rotatable bonds is 0. The number of ketones is 1. The molecule has 4 bridgehead atoms. The van der Waals surface area contributed by atoms with E-state index in [9.17, 15) is 4.79 Å². The van der Waals surface area contributed by atoms with Crippen molar-refractivity contribution >= 4 is 29.1 Å². The molecule has 0 saturated heterocycles. The van der Waals surface area contributed by atoms with Gasteiger partial charge in [0.25, 0.3) is 0 Å². The zero-order valence-corrected chi connectivity index (χ0v) is 11.8. The first-order valence-corrected chi connectivity index (χ1v) is 6.68. The minimum absolute atomic E-state index is 0.000186. The quantitative estimate of drug-likeness (QED) is 0.756. The van der Waals surface area contributed by atoms with Crippen molar-refractivity contribution in [3.8, 4) is 11.5 Å². The Balaban J connectivity index is 2.08. The predicted molar refractivity (Wildman–Crippen MR) is 81.8 cm³/mol. The van der Waals surface area contributed by atoms with Gasteiger partial charge < -0.3 is 15.2 Å². The number of fused-ring (bicyclic) bond motifs is 5. The Morgan fingerprint density at radius 2 is 1.86 bits per heavy atom. The van der Waals surface area contributed by atoms with Crippen LogP contribution in [0.15, 0.2) is 42.5 Å². The fourth-order valence-electron chi connectivity index (χ4n) is 2.03. The topological polar surface area (TPSA) is 61.6 Å². The van der Waals surface area contributed by atoms with Crippen LogP contribution in [0.25, 0.3) is 6.08 Å². The molecule has 2 heterocycles. The molecule has 5 heteroatoms. The van der Waals surface area contributed by atoms with Gasteiger partial charge in [0.05, 0.1) is 5.02 Å². The van der Waals surface area contributed by atoms with Crippen LogP contribution in [-0.2, 0) is 0 Å². The summed E-state index contributed by atoms with van der Waals surface area (Å²) in [5.74, 6) is 0.917. The highest BCUT2D eigenvalue weighted by Crippen LogP contribution is 2.30. The lowest BCUT2D eigenvalue weighted by Crippen LogP contribution is -2.06. The van der Waals surface area contributed by atoms with Crippen molar-refractivity contribution in [3.63, 3.8) is 0 Å². The van der Waals surface area contributed by atoms with Gasteiger partial charge in [0.15, 0.2) is 5.78 Å². The Bertz CT molecular complexity index is 717. The Labute approximate surface area is 126 Å². The van der Waals surface area contributed by atoms with E-state index in [4.69, 9.17) is 26.8 Å². The lowest BCUT2D eigenvalue weighted by molar-refractivity contribution is 0.104. The van der Waals surface area contributed by atoms with Crippen molar-refractivity contribution in [3.05, 3.63) is 58.6 Å². The largest absolute Gasteiger partial charge is 0.457 e. The molecule has 2 aliphatic heterocycles. The number of benzene rings is 2. The van der Waals surface area contributed by atoms with Crippen LogP contribution in [0.4, 0.5) is 5.69 Å². The zero-order valence-electron chi connectivity index (χ0n) is 11.0. The van der Waals surface area contributed by atoms with Gasteiger partial charge in [-0.2, -0.15) is 0 Å². The van der Waals surface area contributed by atoms with E-state index < -0.39 is 0 Å². The summed E-state index contributed by atoms with van der Waals surface area (Å²) in [5.41, 5.74) is 7.49. The molecule has 0 fully saturated rings. The lowest BCUT2D eigenvalue weighted by atomic mass is 10.1. The van der Waals surface area contributed by atoms with Gasteiger partial charge in [-0.1, -0.05) is 23.7 Å². The number of carbonyl (C=O) groups excluding carboxylic acids is 1. The molecule has 0 unspecified atom stereocenters. The summed E-state index contributed by atoms with van der Waals surface area (Å²) in [6.45, 7) is 0.000186. The van der Waals surface area contributed by atoms with Crippen LogP contribution in [0.1, 0.15) is 15.9 Å². The van der Waals surface area contributed by atoms with Gasteiger partial charge in [0.1, 0.15) is 11.5 Å². The van der Waals surface area contributed by atoms with Crippen LogP contribution in [0.2, 0.25) is 5.02 Å². The molecule has 2 aliphatic rings. The Kier molecular flexibility index (Phi) is 3.54. The van der Waals surface area contributed by atoms with Crippen LogP contribution in [-0.4, -0.2) is 12.6 Å². The normalized spacial score (nSPS) is 15.2. The highest BCUT2D eigenvalue weighted by Gasteiger charge is 2.10. The minimum atomic E-state index is -0.153. The molecule has 4 nitrogen and oxygen atoms in total.